The minimum absolute atomic E-state index is 0.174. The standard InChI is InChI=1S/C22H22N6O/c1-27-10-4-5-19(27)21-25-17-8-7-16(13-18(17)26-21)24-22(29)15-6-9-20(23-14-15)28-11-2-3-12-28/h4-10,13-14H,2-3,11-12H2,1H3,(H,24,29)(H,25,26). The smallest absolute Gasteiger partial charge is 0.257 e. The molecule has 3 aromatic heterocycles. The quantitative estimate of drug-likeness (QED) is 0.559. The van der Waals surface area contributed by atoms with Gasteiger partial charge in [0, 0.05) is 38.2 Å². The van der Waals surface area contributed by atoms with Crippen LogP contribution in [0.3, 0.4) is 0 Å². The second kappa shape index (κ2) is 7.09. The van der Waals surface area contributed by atoms with Crippen molar-refractivity contribution in [2.24, 2.45) is 7.05 Å². The van der Waals surface area contributed by atoms with Gasteiger partial charge in [0.05, 0.1) is 22.3 Å². The van der Waals surface area contributed by atoms with Gasteiger partial charge in [-0.1, -0.05) is 0 Å². The summed E-state index contributed by atoms with van der Waals surface area (Å²) in [6.07, 6.45) is 6.03. The summed E-state index contributed by atoms with van der Waals surface area (Å²) < 4.78 is 2.01. The SMILES string of the molecule is Cn1cccc1-c1nc2ccc(NC(=O)c3ccc(N4CCCC4)nc3)cc2[nH]1. The Labute approximate surface area is 168 Å². The number of carbonyl (C=O) groups excluding carboxylic acids is 1. The van der Waals surface area contributed by atoms with Gasteiger partial charge in [-0.25, -0.2) is 9.97 Å². The number of carbonyl (C=O) groups is 1. The van der Waals surface area contributed by atoms with Crippen molar-refractivity contribution in [2.75, 3.05) is 23.3 Å². The van der Waals surface area contributed by atoms with Gasteiger partial charge in [0.2, 0.25) is 0 Å². The molecule has 1 fully saturated rings. The lowest BCUT2D eigenvalue weighted by atomic mass is 10.2. The molecule has 1 saturated heterocycles. The van der Waals surface area contributed by atoms with Gasteiger partial charge in [-0.05, 0) is 55.3 Å². The van der Waals surface area contributed by atoms with E-state index in [9.17, 15) is 4.79 Å². The maximum Gasteiger partial charge on any atom is 0.257 e. The number of pyridine rings is 1. The number of imidazole rings is 1. The molecule has 0 radical (unpaired) electrons. The largest absolute Gasteiger partial charge is 0.357 e. The Morgan fingerprint density at radius 1 is 1.14 bits per heavy atom. The topological polar surface area (TPSA) is 78.8 Å². The summed E-state index contributed by atoms with van der Waals surface area (Å²) in [5.74, 6) is 1.57. The van der Waals surface area contributed by atoms with Gasteiger partial charge in [-0.3, -0.25) is 4.79 Å². The number of aromatic amines is 1. The van der Waals surface area contributed by atoms with Crippen molar-refractivity contribution in [2.45, 2.75) is 12.8 Å². The van der Waals surface area contributed by atoms with Crippen LogP contribution in [-0.4, -0.2) is 38.5 Å². The first-order valence-corrected chi connectivity index (χ1v) is 9.81. The van der Waals surface area contributed by atoms with Crippen molar-refractivity contribution in [1.29, 1.82) is 0 Å². The second-order valence-corrected chi connectivity index (χ2v) is 7.38. The molecule has 0 bridgehead atoms. The molecule has 0 saturated carbocycles. The number of aryl methyl sites for hydroxylation is 1. The number of rotatable bonds is 4. The summed E-state index contributed by atoms with van der Waals surface area (Å²) in [6, 6.07) is 13.4. The number of anilines is 2. The van der Waals surface area contributed by atoms with Crippen molar-refractivity contribution >= 4 is 28.4 Å². The summed E-state index contributed by atoms with van der Waals surface area (Å²) in [4.78, 5) is 27.3. The van der Waals surface area contributed by atoms with E-state index in [0.717, 1.165) is 41.5 Å². The Hall–Kier alpha value is -3.61. The lowest BCUT2D eigenvalue weighted by molar-refractivity contribution is 0.102. The fourth-order valence-electron chi connectivity index (χ4n) is 3.77. The minimum atomic E-state index is -0.174. The van der Waals surface area contributed by atoms with Gasteiger partial charge in [0.1, 0.15) is 5.82 Å². The molecule has 2 N–H and O–H groups in total. The highest BCUT2D eigenvalue weighted by molar-refractivity contribution is 6.04. The number of amides is 1. The third kappa shape index (κ3) is 3.35. The first-order chi connectivity index (χ1) is 14.2. The Morgan fingerprint density at radius 2 is 2.00 bits per heavy atom. The molecule has 5 rings (SSSR count). The first-order valence-electron chi connectivity index (χ1n) is 9.81. The maximum atomic E-state index is 12.6. The molecule has 1 aromatic carbocycles. The predicted molar refractivity (Wildman–Crippen MR) is 114 cm³/mol. The van der Waals surface area contributed by atoms with Gasteiger partial charge in [-0.2, -0.15) is 0 Å². The Morgan fingerprint density at radius 3 is 2.72 bits per heavy atom. The van der Waals surface area contributed by atoms with Crippen molar-refractivity contribution in [3.05, 3.63) is 60.4 Å². The third-order valence-electron chi connectivity index (χ3n) is 5.37. The molecular formula is C22H22N6O. The summed E-state index contributed by atoms with van der Waals surface area (Å²) in [6.45, 7) is 2.07. The highest BCUT2D eigenvalue weighted by Crippen LogP contribution is 2.23. The lowest BCUT2D eigenvalue weighted by Gasteiger charge is -2.16. The summed E-state index contributed by atoms with van der Waals surface area (Å²) in [5.41, 5.74) is 4.00. The minimum Gasteiger partial charge on any atom is -0.357 e. The van der Waals surface area contributed by atoms with Crippen molar-refractivity contribution in [3.63, 3.8) is 0 Å². The molecule has 7 nitrogen and oxygen atoms in total. The van der Waals surface area contributed by atoms with Gasteiger partial charge in [-0.15, -0.1) is 0 Å². The van der Waals surface area contributed by atoms with Crippen LogP contribution < -0.4 is 10.2 Å². The average molecular weight is 386 g/mol. The number of benzene rings is 1. The van der Waals surface area contributed by atoms with E-state index < -0.39 is 0 Å². The monoisotopic (exact) mass is 386 g/mol. The Kier molecular flexibility index (Phi) is 4.27. The van der Waals surface area contributed by atoms with Crippen molar-refractivity contribution in [1.82, 2.24) is 19.5 Å². The maximum absolute atomic E-state index is 12.6. The lowest BCUT2D eigenvalue weighted by Crippen LogP contribution is -2.19. The summed E-state index contributed by atoms with van der Waals surface area (Å²) in [5, 5.41) is 2.95. The van der Waals surface area contributed by atoms with Crippen molar-refractivity contribution < 1.29 is 4.79 Å². The number of aromatic nitrogens is 4. The molecule has 0 spiro atoms. The fourth-order valence-corrected chi connectivity index (χ4v) is 3.77. The van der Waals surface area contributed by atoms with E-state index in [1.54, 1.807) is 6.20 Å². The van der Waals surface area contributed by atoms with E-state index in [1.165, 1.54) is 12.8 Å². The molecule has 7 heteroatoms. The number of H-pyrrole nitrogens is 1. The zero-order valence-electron chi connectivity index (χ0n) is 16.2. The molecule has 1 amide bonds. The number of nitrogens with zero attached hydrogens (tertiary/aromatic N) is 4. The Bertz CT molecular complexity index is 1170. The number of hydrogen-bond acceptors (Lipinski definition) is 4. The van der Waals surface area contributed by atoms with E-state index in [2.05, 4.69) is 25.2 Å². The Balaban J connectivity index is 1.34. The zero-order chi connectivity index (χ0) is 19.8. The first kappa shape index (κ1) is 17.5. The molecule has 0 unspecified atom stereocenters. The van der Waals surface area contributed by atoms with Crippen LogP contribution in [-0.2, 0) is 7.05 Å². The molecule has 4 heterocycles. The molecular weight excluding hydrogens is 364 g/mol. The van der Waals surface area contributed by atoms with Crippen LogP contribution in [0.1, 0.15) is 23.2 Å². The van der Waals surface area contributed by atoms with Crippen LogP contribution in [0.15, 0.2) is 54.9 Å². The second-order valence-electron chi connectivity index (χ2n) is 7.38. The highest BCUT2D eigenvalue weighted by Gasteiger charge is 2.15. The number of hydrogen-bond donors (Lipinski definition) is 2. The molecule has 1 aliphatic heterocycles. The van der Waals surface area contributed by atoms with Crippen LogP contribution in [0.4, 0.5) is 11.5 Å². The van der Waals surface area contributed by atoms with Gasteiger partial charge >= 0.3 is 0 Å². The van der Waals surface area contributed by atoms with Gasteiger partial charge in [0.25, 0.3) is 5.91 Å². The van der Waals surface area contributed by atoms with Crippen LogP contribution in [0.25, 0.3) is 22.6 Å². The van der Waals surface area contributed by atoms with Gasteiger partial charge in [0.15, 0.2) is 5.82 Å². The number of nitrogens with one attached hydrogen (secondary N) is 2. The van der Waals surface area contributed by atoms with E-state index in [1.807, 2.05) is 60.3 Å². The third-order valence-corrected chi connectivity index (χ3v) is 5.37. The van der Waals surface area contributed by atoms with Crippen LogP contribution in [0.2, 0.25) is 0 Å². The summed E-state index contributed by atoms with van der Waals surface area (Å²) >= 11 is 0. The predicted octanol–water partition coefficient (Wildman–Crippen LogP) is 3.82. The molecule has 29 heavy (non-hydrogen) atoms. The molecule has 146 valence electrons. The zero-order valence-corrected chi connectivity index (χ0v) is 16.2. The normalized spacial score (nSPS) is 13.9. The van der Waals surface area contributed by atoms with E-state index in [-0.39, 0.29) is 5.91 Å². The van der Waals surface area contributed by atoms with Crippen LogP contribution >= 0.6 is 0 Å². The van der Waals surface area contributed by atoms with Crippen LogP contribution in [0.5, 0.6) is 0 Å². The van der Waals surface area contributed by atoms with E-state index in [4.69, 9.17) is 0 Å². The molecule has 0 atom stereocenters. The average Bonchev–Trinajstić information content (AvgIpc) is 3.48. The fraction of sp³-hybridized carbons (Fsp3) is 0.227. The highest BCUT2D eigenvalue weighted by atomic mass is 16.1. The molecule has 0 aliphatic carbocycles. The van der Waals surface area contributed by atoms with Crippen LogP contribution in [0, 0.1) is 0 Å². The van der Waals surface area contributed by atoms with Gasteiger partial charge < -0.3 is 19.8 Å². The summed E-state index contributed by atoms with van der Waals surface area (Å²) in [7, 11) is 1.98. The molecule has 4 aromatic rings. The van der Waals surface area contributed by atoms with Crippen molar-refractivity contribution in [3.8, 4) is 11.5 Å². The van der Waals surface area contributed by atoms with E-state index >= 15 is 0 Å². The van der Waals surface area contributed by atoms with E-state index in [0.29, 0.717) is 11.3 Å². The molecule has 1 aliphatic rings. The number of fused-ring (bicyclic) bond motifs is 1.